The Kier molecular flexibility index (Phi) is 6.38. The molecule has 3 aromatic carbocycles. The molecule has 0 radical (unpaired) electrons. The molecule has 0 saturated heterocycles. The SMILES string of the molecule is CCOc1ccccc1N1C(=O)C(Nc2cc(Cl)ccc2C)=C(c2ccccc2OC)C1=O. The number of anilines is 2. The van der Waals surface area contributed by atoms with Crippen LogP contribution in [0.1, 0.15) is 18.1 Å². The Balaban J connectivity index is 1.90. The number of methoxy groups -OCH3 is 1. The van der Waals surface area contributed by atoms with Crippen molar-refractivity contribution in [3.05, 3.63) is 88.6 Å². The highest BCUT2D eigenvalue weighted by Crippen LogP contribution is 2.40. The minimum absolute atomic E-state index is 0.140. The molecule has 7 heteroatoms. The summed E-state index contributed by atoms with van der Waals surface area (Å²) < 4.78 is 11.2. The van der Waals surface area contributed by atoms with Crippen LogP contribution in [-0.4, -0.2) is 25.5 Å². The number of rotatable bonds is 7. The molecule has 1 heterocycles. The zero-order chi connectivity index (χ0) is 23.5. The number of imide groups is 1. The highest BCUT2D eigenvalue weighted by atomic mass is 35.5. The monoisotopic (exact) mass is 462 g/mol. The minimum atomic E-state index is -0.493. The second-order valence-corrected chi connectivity index (χ2v) is 7.82. The van der Waals surface area contributed by atoms with Gasteiger partial charge in [0.05, 0.1) is 25.0 Å². The average molecular weight is 463 g/mol. The lowest BCUT2D eigenvalue weighted by atomic mass is 10.0. The third kappa shape index (κ3) is 4.17. The third-order valence-corrected chi connectivity index (χ3v) is 5.56. The predicted molar refractivity (Wildman–Crippen MR) is 130 cm³/mol. The molecule has 6 nitrogen and oxygen atoms in total. The van der Waals surface area contributed by atoms with Gasteiger partial charge in [0.1, 0.15) is 17.2 Å². The number of carbonyl (C=O) groups excluding carboxylic acids is 2. The lowest BCUT2D eigenvalue weighted by molar-refractivity contribution is -0.120. The Bertz CT molecular complexity index is 1270. The number of hydrogen-bond donors (Lipinski definition) is 1. The Morgan fingerprint density at radius 1 is 0.939 bits per heavy atom. The van der Waals surface area contributed by atoms with Gasteiger partial charge in [-0.3, -0.25) is 9.59 Å². The standard InChI is InChI=1S/C26H23ClN2O4/c1-4-33-22-12-8-6-10-20(22)29-25(30)23(18-9-5-7-11-21(18)32-3)24(26(29)31)28-19-15-17(27)14-13-16(19)2/h5-15,28H,4H2,1-3H3. The van der Waals surface area contributed by atoms with Crippen molar-refractivity contribution in [3.63, 3.8) is 0 Å². The van der Waals surface area contributed by atoms with E-state index >= 15 is 0 Å². The van der Waals surface area contributed by atoms with Gasteiger partial charge in [0.15, 0.2) is 0 Å². The molecule has 4 rings (SSSR count). The van der Waals surface area contributed by atoms with E-state index in [0.29, 0.717) is 40.1 Å². The summed E-state index contributed by atoms with van der Waals surface area (Å²) in [5, 5.41) is 3.68. The van der Waals surface area contributed by atoms with Gasteiger partial charge in [0.2, 0.25) is 0 Å². The number of halogens is 1. The van der Waals surface area contributed by atoms with Gasteiger partial charge < -0.3 is 14.8 Å². The topological polar surface area (TPSA) is 67.9 Å². The predicted octanol–water partition coefficient (Wildman–Crippen LogP) is 5.45. The highest BCUT2D eigenvalue weighted by molar-refractivity contribution is 6.46. The summed E-state index contributed by atoms with van der Waals surface area (Å²) >= 11 is 6.19. The summed E-state index contributed by atoms with van der Waals surface area (Å²) in [7, 11) is 1.52. The van der Waals surface area contributed by atoms with Crippen LogP contribution in [0.25, 0.3) is 5.57 Å². The number of benzene rings is 3. The molecular formula is C26H23ClN2O4. The number of amides is 2. The number of hydrogen-bond acceptors (Lipinski definition) is 5. The molecule has 0 unspecified atom stereocenters. The summed E-state index contributed by atoms with van der Waals surface area (Å²) in [4.78, 5) is 28.6. The van der Waals surface area contributed by atoms with Crippen LogP contribution >= 0.6 is 11.6 Å². The molecule has 0 aliphatic carbocycles. The van der Waals surface area contributed by atoms with Gasteiger partial charge in [0.25, 0.3) is 11.8 Å². The quantitative estimate of drug-likeness (QED) is 0.473. The molecule has 0 saturated carbocycles. The first-order chi connectivity index (χ1) is 16.0. The molecular weight excluding hydrogens is 440 g/mol. The van der Waals surface area contributed by atoms with E-state index < -0.39 is 11.8 Å². The van der Waals surface area contributed by atoms with Gasteiger partial charge >= 0.3 is 0 Å². The summed E-state index contributed by atoms with van der Waals surface area (Å²) in [6.07, 6.45) is 0. The summed E-state index contributed by atoms with van der Waals surface area (Å²) in [5.41, 5.74) is 2.74. The highest BCUT2D eigenvalue weighted by Gasteiger charge is 2.42. The molecule has 1 N–H and O–H groups in total. The van der Waals surface area contributed by atoms with E-state index in [9.17, 15) is 9.59 Å². The van der Waals surface area contributed by atoms with Gasteiger partial charge in [0, 0.05) is 16.3 Å². The Morgan fingerprint density at radius 2 is 1.64 bits per heavy atom. The van der Waals surface area contributed by atoms with Crippen molar-refractivity contribution in [2.45, 2.75) is 13.8 Å². The lowest BCUT2D eigenvalue weighted by Gasteiger charge is -2.19. The number of ether oxygens (including phenoxy) is 2. The molecule has 168 valence electrons. The van der Waals surface area contributed by atoms with E-state index in [1.807, 2.05) is 19.9 Å². The molecule has 0 fully saturated rings. The van der Waals surface area contributed by atoms with Crippen molar-refractivity contribution in [1.29, 1.82) is 0 Å². The molecule has 0 bridgehead atoms. The van der Waals surface area contributed by atoms with Gasteiger partial charge in [-0.2, -0.15) is 0 Å². The summed E-state index contributed by atoms with van der Waals surface area (Å²) in [5.74, 6) is -0.0387. The van der Waals surface area contributed by atoms with Crippen LogP contribution in [0.3, 0.4) is 0 Å². The number of para-hydroxylation sites is 3. The van der Waals surface area contributed by atoms with Crippen LogP contribution in [0.4, 0.5) is 11.4 Å². The lowest BCUT2D eigenvalue weighted by Crippen LogP contribution is -2.32. The maximum Gasteiger partial charge on any atom is 0.282 e. The number of nitrogens with zero attached hydrogens (tertiary/aromatic N) is 1. The first-order valence-corrected chi connectivity index (χ1v) is 10.9. The van der Waals surface area contributed by atoms with E-state index in [4.69, 9.17) is 21.1 Å². The number of carbonyl (C=O) groups is 2. The Labute approximate surface area is 197 Å². The molecule has 0 atom stereocenters. The van der Waals surface area contributed by atoms with Gasteiger partial charge in [-0.1, -0.05) is 48.0 Å². The van der Waals surface area contributed by atoms with Gasteiger partial charge in [-0.25, -0.2) is 4.90 Å². The number of aryl methyl sites for hydroxylation is 1. The molecule has 1 aliphatic rings. The molecule has 1 aliphatic heterocycles. The molecule has 33 heavy (non-hydrogen) atoms. The number of nitrogens with one attached hydrogen (secondary N) is 1. The Morgan fingerprint density at radius 3 is 2.36 bits per heavy atom. The second-order valence-electron chi connectivity index (χ2n) is 7.38. The fourth-order valence-corrected chi connectivity index (χ4v) is 3.92. The van der Waals surface area contributed by atoms with E-state index in [0.717, 1.165) is 10.5 Å². The zero-order valence-corrected chi connectivity index (χ0v) is 19.3. The van der Waals surface area contributed by atoms with Crippen molar-refractivity contribution in [2.75, 3.05) is 23.9 Å². The molecule has 0 spiro atoms. The average Bonchev–Trinajstić information content (AvgIpc) is 3.06. The third-order valence-electron chi connectivity index (χ3n) is 5.33. The fourth-order valence-electron chi connectivity index (χ4n) is 3.75. The van der Waals surface area contributed by atoms with Gasteiger partial charge in [-0.15, -0.1) is 0 Å². The first-order valence-electron chi connectivity index (χ1n) is 10.5. The van der Waals surface area contributed by atoms with Crippen molar-refractivity contribution < 1.29 is 19.1 Å². The van der Waals surface area contributed by atoms with Crippen LogP contribution in [0.15, 0.2) is 72.4 Å². The minimum Gasteiger partial charge on any atom is -0.496 e. The largest absolute Gasteiger partial charge is 0.496 e. The van der Waals surface area contributed by atoms with E-state index in [-0.39, 0.29) is 11.3 Å². The normalized spacial score (nSPS) is 13.5. The van der Waals surface area contributed by atoms with Crippen LogP contribution in [0.5, 0.6) is 11.5 Å². The summed E-state index contributed by atoms with van der Waals surface area (Å²) in [6.45, 7) is 4.13. The van der Waals surface area contributed by atoms with Crippen LogP contribution in [0, 0.1) is 6.92 Å². The van der Waals surface area contributed by atoms with Crippen molar-refractivity contribution in [3.8, 4) is 11.5 Å². The van der Waals surface area contributed by atoms with Gasteiger partial charge in [-0.05, 0) is 49.7 Å². The Hall–Kier alpha value is -3.77. The zero-order valence-electron chi connectivity index (χ0n) is 18.5. The van der Waals surface area contributed by atoms with Crippen molar-refractivity contribution >= 4 is 40.4 Å². The van der Waals surface area contributed by atoms with Crippen LogP contribution in [-0.2, 0) is 9.59 Å². The molecule has 2 amide bonds. The van der Waals surface area contributed by atoms with Crippen LogP contribution in [0.2, 0.25) is 5.02 Å². The smallest absolute Gasteiger partial charge is 0.282 e. The van der Waals surface area contributed by atoms with Crippen LogP contribution < -0.4 is 19.7 Å². The van der Waals surface area contributed by atoms with E-state index in [1.165, 1.54) is 7.11 Å². The van der Waals surface area contributed by atoms with E-state index in [2.05, 4.69) is 5.32 Å². The maximum atomic E-state index is 13.8. The fraction of sp³-hybridized carbons (Fsp3) is 0.154. The van der Waals surface area contributed by atoms with Crippen molar-refractivity contribution in [1.82, 2.24) is 0 Å². The maximum absolute atomic E-state index is 13.8. The van der Waals surface area contributed by atoms with Crippen molar-refractivity contribution in [2.24, 2.45) is 0 Å². The molecule has 0 aromatic heterocycles. The van der Waals surface area contributed by atoms with E-state index in [1.54, 1.807) is 60.7 Å². The first kappa shape index (κ1) is 22.4. The molecule has 3 aromatic rings. The second kappa shape index (κ2) is 9.38. The summed E-state index contributed by atoms with van der Waals surface area (Å²) in [6, 6.07) is 19.4.